The first kappa shape index (κ1) is 16.7. The molecule has 7 nitrogen and oxygen atoms in total. The number of fused-ring (bicyclic) bond motifs is 6. The average molecular weight is 390 g/mol. The van der Waals surface area contributed by atoms with Gasteiger partial charge in [-0.2, -0.15) is 0 Å². The van der Waals surface area contributed by atoms with Crippen LogP contribution in [-0.4, -0.2) is 27.2 Å². The first-order valence-corrected chi connectivity index (χ1v) is 9.76. The topological polar surface area (TPSA) is 90.7 Å². The lowest BCUT2D eigenvalue weighted by Crippen LogP contribution is -2.44. The summed E-state index contributed by atoms with van der Waals surface area (Å²) in [5.41, 5.74) is 2.88. The molecule has 0 amide bonds. The van der Waals surface area contributed by atoms with E-state index in [0.29, 0.717) is 35.7 Å². The van der Waals surface area contributed by atoms with E-state index < -0.39 is 11.6 Å². The molecule has 5 heterocycles. The summed E-state index contributed by atoms with van der Waals surface area (Å²) in [7, 11) is 0. The minimum atomic E-state index is -1.81. The van der Waals surface area contributed by atoms with E-state index >= 15 is 0 Å². The molecule has 0 saturated heterocycles. The number of aliphatic hydroxyl groups is 1. The molecular formula is C22H18N2O5. The molecule has 0 radical (unpaired) electrons. The van der Waals surface area contributed by atoms with E-state index in [2.05, 4.69) is 0 Å². The third-order valence-electron chi connectivity index (χ3n) is 6.32. The van der Waals surface area contributed by atoms with Gasteiger partial charge in [-0.3, -0.25) is 4.79 Å². The number of ether oxygens (including phenoxy) is 2. The van der Waals surface area contributed by atoms with Crippen molar-refractivity contribution in [1.82, 2.24) is 9.55 Å². The van der Waals surface area contributed by atoms with E-state index in [1.165, 1.54) is 0 Å². The SMILES string of the molecule is CCC1(O)C(=O)OCc2c1cc1n(c2=O)Cc2cc3cc4c(cc3nc2-1)CCO4. The van der Waals surface area contributed by atoms with Crippen LogP contribution in [0.15, 0.2) is 29.1 Å². The molecule has 6 rings (SSSR count). The Morgan fingerprint density at radius 3 is 2.86 bits per heavy atom. The van der Waals surface area contributed by atoms with Crippen LogP contribution >= 0.6 is 0 Å². The van der Waals surface area contributed by atoms with E-state index in [0.717, 1.165) is 34.2 Å². The van der Waals surface area contributed by atoms with E-state index in [4.69, 9.17) is 14.5 Å². The lowest BCUT2D eigenvalue weighted by atomic mass is 9.86. The van der Waals surface area contributed by atoms with Crippen LogP contribution in [0.5, 0.6) is 5.75 Å². The Morgan fingerprint density at radius 1 is 1.17 bits per heavy atom. The van der Waals surface area contributed by atoms with Crippen molar-refractivity contribution in [2.24, 2.45) is 0 Å². The standard InChI is InChI=1S/C22H18N2O5/c1-2-22(27)15-8-17-19-13(9-24(17)20(25)14(15)10-29-21(22)26)5-12-7-18-11(3-4-28-18)6-16(12)23-19/h5-8,27H,2-4,9-10H2,1H3. The number of rotatable bonds is 1. The highest BCUT2D eigenvalue weighted by atomic mass is 16.6. The van der Waals surface area contributed by atoms with Gasteiger partial charge in [-0.1, -0.05) is 6.92 Å². The third kappa shape index (κ3) is 2.08. The molecule has 0 aliphatic carbocycles. The van der Waals surface area contributed by atoms with Crippen LogP contribution in [0.4, 0.5) is 0 Å². The number of esters is 1. The fraction of sp³-hybridized carbons (Fsp3) is 0.318. The van der Waals surface area contributed by atoms with Crippen LogP contribution in [0.1, 0.15) is 35.6 Å². The molecule has 1 aromatic carbocycles. The molecule has 1 N–H and O–H groups in total. The molecule has 3 aliphatic heterocycles. The van der Waals surface area contributed by atoms with Gasteiger partial charge in [-0.25, -0.2) is 9.78 Å². The lowest BCUT2D eigenvalue weighted by molar-refractivity contribution is -0.172. The average Bonchev–Trinajstić information content (AvgIpc) is 3.32. The highest BCUT2D eigenvalue weighted by Crippen LogP contribution is 2.39. The zero-order valence-corrected chi connectivity index (χ0v) is 15.8. The van der Waals surface area contributed by atoms with Gasteiger partial charge in [0.25, 0.3) is 5.56 Å². The molecule has 1 unspecified atom stereocenters. The Hall–Kier alpha value is -3.19. The highest BCUT2D eigenvalue weighted by molar-refractivity contribution is 5.87. The summed E-state index contributed by atoms with van der Waals surface area (Å²) in [6.07, 6.45) is 0.991. The van der Waals surface area contributed by atoms with Gasteiger partial charge in [0.15, 0.2) is 5.60 Å². The fourth-order valence-corrected chi connectivity index (χ4v) is 4.65. The Bertz CT molecular complexity index is 1310. The minimum Gasteiger partial charge on any atom is -0.493 e. The number of aromatic nitrogens is 2. The minimum absolute atomic E-state index is 0.120. The van der Waals surface area contributed by atoms with Crippen LogP contribution in [-0.2, 0) is 34.7 Å². The van der Waals surface area contributed by atoms with Crippen molar-refractivity contribution in [3.05, 3.63) is 56.9 Å². The molecule has 0 bridgehead atoms. The van der Waals surface area contributed by atoms with Gasteiger partial charge in [0.2, 0.25) is 0 Å². The van der Waals surface area contributed by atoms with Gasteiger partial charge in [-0.05, 0) is 36.2 Å². The van der Waals surface area contributed by atoms with Gasteiger partial charge in [0.1, 0.15) is 12.4 Å². The van der Waals surface area contributed by atoms with Crippen molar-refractivity contribution >= 4 is 16.9 Å². The van der Waals surface area contributed by atoms with E-state index in [1.807, 2.05) is 18.2 Å². The van der Waals surface area contributed by atoms with Gasteiger partial charge < -0.3 is 19.1 Å². The highest BCUT2D eigenvalue weighted by Gasteiger charge is 2.45. The molecule has 0 spiro atoms. The molecule has 29 heavy (non-hydrogen) atoms. The van der Waals surface area contributed by atoms with Crippen molar-refractivity contribution in [3.8, 4) is 17.1 Å². The number of carbonyl (C=O) groups excluding carboxylic acids is 1. The summed E-state index contributed by atoms with van der Waals surface area (Å²) in [6, 6.07) is 7.82. The fourth-order valence-electron chi connectivity index (χ4n) is 4.65. The largest absolute Gasteiger partial charge is 0.493 e. The normalized spacial score (nSPS) is 21.2. The molecular weight excluding hydrogens is 372 g/mol. The molecule has 3 aliphatic rings. The van der Waals surface area contributed by atoms with Gasteiger partial charge in [0.05, 0.1) is 35.6 Å². The predicted octanol–water partition coefficient (Wildman–Crippen LogP) is 2.01. The molecule has 0 saturated carbocycles. The van der Waals surface area contributed by atoms with Crippen molar-refractivity contribution in [2.45, 2.75) is 38.5 Å². The number of cyclic esters (lactones) is 1. The van der Waals surface area contributed by atoms with Crippen LogP contribution in [0.3, 0.4) is 0 Å². The number of hydrogen-bond acceptors (Lipinski definition) is 6. The quantitative estimate of drug-likeness (QED) is 0.500. The number of hydrogen-bond donors (Lipinski definition) is 1. The first-order valence-electron chi connectivity index (χ1n) is 9.76. The van der Waals surface area contributed by atoms with E-state index in [9.17, 15) is 14.7 Å². The Morgan fingerprint density at radius 2 is 2.03 bits per heavy atom. The molecule has 1 atom stereocenters. The molecule has 146 valence electrons. The third-order valence-corrected chi connectivity index (χ3v) is 6.32. The van der Waals surface area contributed by atoms with Crippen LogP contribution < -0.4 is 10.3 Å². The zero-order chi connectivity index (χ0) is 19.9. The summed E-state index contributed by atoms with van der Waals surface area (Å²) in [5, 5.41) is 11.9. The predicted molar refractivity (Wildman–Crippen MR) is 104 cm³/mol. The second-order valence-corrected chi connectivity index (χ2v) is 7.85. The van der Waals surface area contributed by atoms with Crippen molar-refractivity contribution in [2.75, 3.05) is 6.61 Å². The van der Waals surface area contributed by atoms with E-state index in [-0.39, 0.29) is 18.6 Å². The molecule has 7 heteroatoms. The Labute approximate surface area is 165 Å². The number of carbonyl (C=O) groups is 1. The second kappa shape index (κ2) is 5.45. The summed E-state index contributed by atoms with van der Waals surface area (Å²) >= 11 is 0. The Balaban J connectivity index is 1.61. The smallest absolute Gasteiger partial charge is 0.343 e. The molecule has 3 aromatic rings. The maximum atomic E-state index is 13.2. The lowest BCUT2D eigenvalue weighted by Gasteiger charge is -2.31. The maximum Gasteiger partial charge on any atom is 0.343 e. The summed E-state index contributed by atoms with van der Waals surface area (Å²) in [5.74, 6) is 0.183. The summed E-state index contributed by atoms with van der Waals surface area (Å²) in [4.78, 5) is 30.2. The zero-order valence-electron chi connectivity index (χ0n) is 15.8. The second-order valence-electron chi connectivity index (χ2n) is 7.85. The van der Waals surface area contributed by atoms with Crippen molar-refractivity contribution in [1.29, 1.82) is 0 Å². The van der Waals surface area contributed by atoms with Gasteiger partial charge in [0, 0.05) is 22.9 Å². The van der Waals surface area contributed by atoms with Crippen LogP contribution in [0, 0.1) is 0 Å². The van der Waals surface area contributed by atoms with E-state index in [1.54, 1.807) is 17.6 Å². The van der Waals surface area contributed by atoms with Crippen LogP contribution in [0.25, 0.3) is 22.3 Å². The Kier molecular flexibility index (Phi) is 3.14. The summed E-state index contributed by atoms with van der Waals surface area (Å²) < 4.78 is 12.4. The van der Waals surface area contributed by atoms with Crippen LogP contribution in [0.2, 0.25) is 0 Å². The monoisotopic (exact) mass is 390 g/mol. The first-order chi connectivity index (χ1) is 14.0. The number of nitrogens with zero attached hydrogens (tertiary/aromatic N) is 2. The molecule has 0 fully saturated rings. The van der Waals surface area contributed by atoms with Crippen molar-refractivity contribution in [3.63, 3.8) is 0 Å². The van der Waals surface area contributed by atoms with Gasteiger partial charge in [-0.15, -0.1) is 0 Å². The summed E-state index contributed by atoms with van der Waals surface area (Å²) in [6.45, 7) is 2.66. The number of pyridine rings is 2. The molecule has 2 aromatic heterocycles. The van der Waals surface area contributed by atoms with Gasteiger partial charge >= 0.3 is 5.97 Å². The maximum absolute atomic E-state index is 13.2. The van der Waals surface area contributed by atoms with Crippen molar-refractivity contribution < 1.29 is 19.4 Å². The number of benzene rings is 1.